The molecule has 5 nitrogen and oxygen atoms in total. The van der Waals surface area contributed by atoms with Crippen LogP contribution in [0.3, 0.4) is 0 Å². The number of rotatable bonds is 6. The SMILES string of the molecule is CCCNC(=O)C(C#N)Cc1ccc(OC)c(O)c1. The summed E-state index contributed by atoms with van der Waals surface area (Å²) in [6, 6.07) is 6.84. The number of carbonyl (C=O) groups is 1. The summed E-state index contributed by atoms with van der Waals surface area (Å²) in [6.07, 6.45) is 1.09. The van der Waals surface area contributed by atoms with E-state index in [4.69, 9.17) is 10.00 Å². The Morgan fingerprint density at radius 2 is 2.32 bits per heavy atom. The average molecular weight is 262 g/mol. The molecule has 102 valence electrons. The number of hydrogen-bond donors (Lipinski definition) is 2. The molecule has 0 heterocycles. The summed E-state index contributed by atoms with van der Waals surface area (Å²) in [5, 5.41) is 21.4. The van der Waals surface area contributed by atoms with Gasteiger partial charge in [0, 0.05) is 6.54 Å². The predicted octanol–water partition coefficient (Wildman–Crippen LogP) is 1.61. The zero-order valence-electron chi connectivity index (χ0n) is 11.1. The third-order valence-corrected chi connectivity index (χ3v) is 2.70. The zero-order chi connectivity index (χ0) is 14.3. The Hall–Kier alpha value is -2.22. The van der Waals surface area contributed by atoms with Gasteiger partial charge in [0.1, 0.15) is 5.92 Å². The molecule has 1 unspecified atom stereocenters. The van der Waals surface area contributed by atoms with E-state index in [0.29, 0.717) is 12.3 Å². The van der Waals surface area contributed by atoms with E-state index in [1.807, 2.05) is 13.0 Å². The first kappa shape index (κ1) is 14.8. The first-order chi connectivity index (χ1) is 9.12. The summed E-state index contributed by atoms with van der Waals surface area (Å²) in [5.41, 5.74) is 0.719. The fraction of sp³-hybridized carbons (Fsp3) is 0.429. The Morgan fingerprint density at radius 1 is 1.58 bits per heavy atom. The maximum atomic E-state index is 11.7. The van der Waals surface area contributed by atoms with Gasteiger partial charge in [-0.1, -0.05) is 13.0 Å². The number of hydrogen-bond acceptors (Lipinski definition) is 4. The zero-order valence-corrected chi connectivity index (χ0v) is 11.1. The Bertz CT molecular complexity index is 480. The van der Waals surface area contributed by atoms with Crippen molar-refractivity contribution in [1.82, 2.24) is 5.32 Å². The van der Waals surface area contributed by atoms with Crippen molar-refractivity contribution in [1.29, 1.82) is 5.26 Å². The second kappa shape index (κ2) is 7.27. The van der Waals surface area contributed by atoms with Gasteiger partial charge in [0.2, 0.25) is 5.91 Å². The number of carbonyl (C=O) groups excluding carboxylic acids is 1. The molecule has 2 N–H and O–H groups in total. The van der Waals surface area contributed by atoms with Gasteiger partial charge in [0.25, 0.3) is 0 Å². The molecular formula is C14H18N2O3. The first-order valence-electron chi connectivity index (χ1n) is 6.15. The number of nitrogens with one attached hydrogen (secondary N) is 1. The lowest BCUT2D eigenvalue weighted by Crippen LogP contribution is -2.31. The standard InChI is InChI=1S/C14H18N2O3/c1-3-6-16-14(18)11(9-15)7-10-4-5-13(19-2)12(17)8-10/h4-5,8,11,17H,3,6-7H2,1-2H3,(H,16,18). The van der Waals surface area contributed by atoms with Crippen LogP contribution in [0.1, 0.15) is 18.9 Å². The van der Waals surface area contributed by atoms with Crippen molar-refractivity contribution in [3.8, 4) is 17.6 Å². The topological polar surface area (TPSA) is 82.4 Å². The molecule has 5 heteroatoms. The van der Waals surface area contributed by atoms with E-state index in [1.54, 1.807) is 12.1 Å². The number of phenolic OH excluding ortho intramolecular Hbond substituents is 1. The van der Waals surface area contributed by atoms with E-state index in [0.717, 1.165) is 12.0 Å². The van der Waals surface area contributed by atoms with Gasteiger partial charge in [-0.3, -0.25) is 4.79 Å². The van der Waals surface area contributed by atoms with Crippen molar-refractivity contribution in [3.63, 3.8) is 0 Å². The van der Waals surface area contributed by atoms with Crippen molar-refractivity contribution in [2.24, 2.45) is 5.92 Å². The van der Waals surface area contributed by atoms with Gasteiger partial charge < -0.3 is 15.2 Å². The van der Waals surface area contributed by atoms with Crippen LogP contribution in [0.15, 0.2) is 18.2 Å². The molecule has 0 saturated heterocycles. The maximum Gasteiger partial charge on any atom is 0.237 e. The Kier molecular flexibility index (Phi) is 5.68. The maximum absolute atomic E-state index is 11.7. The Balaban J connectivity index is 2.73. The van der Waals surface area contributed by atoms with Gasteiger partial charge in [-0.15, -0.1) is 0 Å². The van der Waals surface area contributed by atoms with Crippen LogP contribution in [0.25, 0.3) is 0 Å². The van der Waals surface area contributed by atoms with Crippen LogP contribution in [0.4, 0.5) is 0 Å². The van der Waals surface area contributed by atoms with Crippen molar-refractivity contribution in [2.75, 3.05) is 13.7 Å². The molecular weight excluding hydrogens is 244 g/mol. The van der Waals surface area contributed by atoms with Crippen molar-refractivity contribution < 1.29 is 14.6 Å². The molecule has 0 bridgehead atoms. The molecule has 0 aromatic heterocycles. The van der Waals surface area contributed by atoms with Gasteiger partial charge in [-0.2, -0.15) is 5.26 Å². The van der Waals surface area contributed by atoms with Crippen LogP contribution in [-0.4, -0.2) is 24.7 Å². The summed E-state index contributed by atoms with van der Waals surface area (Å²) in [5.74, 6) is -0.655. The second-order valence-corrected chi connectivity index (χ2v) is 4.18. The second-order valence-electron chi connectivity index (χ2n) is 4.18. The summed E-state index contributed by atoms with van der Waals surface area (Å²) in [7, 11) is 1.46. The fourth-order valence-corrected chi connectivity index (χ4v) is 1.67. The molecule has 0 aliphatic carbocycles. The highest BCUT2D eigenvalue weighted by Crippen LogP contribution is 2.27. The van der Waals surface area contributed by atoms with E-state index in [-0.39, 0.29) is 18.1 Å². The summed E-state index contributed by atoms with van der Waals surface area (Å²) in [4.78, 5) is 11.7. The number of benzene rings is 1. The molecule has 0 fully saturated rings. The van der Waals surface area contributed by atoms with Crippen LogP contribution in [0.5, 0.6) is 11.5 Å². The molecule has 1 amide bonds. The fourth-order valence-electron chi connectivity index (χ4n) is 1.67. The summed E-state index contributed by atoms with van der Waals surface area (Å²) >= 11 is 0. The van der Waals surface area contributed by atoms with Crippen molar-refractivity contribution in [2.45, 2.75) is 19.8 Å². The quantitative estimate of drug-likeness (QED) is 0.816. The van der Waals surface area contributed by atoms with Gasteiger partial charge in [-0.25, -0.2) is 0 Å². The average Bonchev–Trinajstić information content (AvgIpc) is 2.42. The minimum absolute atomic E-state index is 0.00524. The highest BCUT2D eigenvalue weighted by atomic mass is 16.5. The van der Waals surface area contributed by atoms with Gasteiger partial charge in [-0.05, 0) is 30.5 Å². The lowest BCUT2D eigenvalue weighted by atomic mass is 9.99. The molecule has 0 spiro atoms. The lowest BCUT2D eigenvalue weighted by molar-refractivity contribution is -0.123. The van der Waals surface area contributed by atoms with E-state index in [1.165, 1.54) is 13.2 Å². The number of ether oxygens (including phenoxy) is 1. The number of amides is 1. The Morgan fingerprint density at radius 3 is 2.84 bits per heavy atom. The van der Waals surface area contributed by atoms with Gasteiger partial charge in [0.05, 0.1) is 13.2 Å². The molecule has 0 aliphatic rings. The Labute approximate surface area is 112 Å². The molecule has 1 aromatic carbocycles. The monoisotopic (exact) mass is 262 g/mol. The smallest absolute Gasteiger partial charge is 0.237 e. The molecule has 19 heavy (non-hydrogen) atoms. The molecule has 1 atom stereocenters. The molecule has 0 saturated carbocycles. The third kappa shape index (κ3) is 4.18. The van der Waals surface area contributed by atoms with Crippen LogP contribution in [0.2, 0.25) is 0 Å². The highest BCUT2D eigenvalue weighted by Gasteiger charge is 2.18. The van der Waals surface area contributed by atoms with Crippen molar-refractivity contribution >= 4 is 5.91 Å². The third-order valence-electron chi connectivity index (χ3n) is 2.70. The minimum atomic E-state index is -0.751. The number of phenols is 1. The molecule has 0 aliphatic heterocycles. The van der Waals surface area contributed by atoms with Gasteiger partial charge >= 0.3 is 0 Å². The van der Waals surface area contributed by atoms with E-state index >= 15 is 0 Å². The highest BCUT2D eigenvalue weighted by molar-refractivity contribution is 5.81. The molecule has 1 rings (SSSR count). The van der Waals surface area contributed by atoms with Crippen LogP contribution in [0, 0.1) is 17.2 Å². The van der Waals surface area contributed by atoms with Crippen LogP contribution < -0.4 is 10.1 Å². The summed E-state index contributed by atoms with van der Waals surface area (Å²) < 4.78 is 4.94. The van der Waals surface area contributed by atoms with Crippen LogP contribution >= 0.6 is 0 Å². The minimum Gasteiger partial charge on any atom is -0.504 e. The van der Waals surface area contributed by atoms with Crippen molar-refractivity contribution in [3.05, 3.63) is 23.8 Å². The largest absolute Gasteiger partial charge is 0.504 e. The van der Waals surface area contributed by atoms with E-state index < -0.39 is 5.92 Å². The van der Waals surface area contributed by atoms with E-state index in [2.05, 4.69) is 5.32 Å². The molecule has 0 radical (unpaired) electrons. The predicted molar refractivity (Wildman–Crippen MR) is 70.8 cm³/mol. The first-order valence-corrected chi connectivity index (χ1v) is 6.15. The van der Waals surface area contributed by atoms with Crippen LogP contribution in [-0.2, 0) is 11.2 Å². The molecule has 1 aromatic rings. The van der Waals surface area contributed by atoms with Gasteiger partial charge in [0.15, 0.2) is 11.5 Å². The van der Waals surface area contributed by atoms with E-state index in [9.17, 15) is 9.90 Å². The number of nitriles is 1. The number of nitrogens with zero attached hydrogens (tertiary/aromatic N) is 1. The lowest BCUT2D eigenvalue weighted by Gasteiger charge is -2.11. The summed E-state index contributed by atoms with van der Waals surface area (Å²) in [6.45, 7) is 2.51. The number of methoxy groups -OCH3 is 1. The number of aromatic hydroxyl groups is 1. The normalized spacial score (nSPS) is 11.4.